The van der Waals surface area contributed by atoms with Gasteiger partial charge in [-0.05, 0) is 32.4 Å². The van der Waals surface area contributed by atoms with Gasteiger partial charge in [-0.15, -0.1) is 0 Å². The Bertz CT molecular complexity index is 460. The lowest BCUT2D eigenvalue weighted by Crippen LogP contribution is -2.25. The number of para-hydroxylation sites is 1. The smallest absolute Gasteiger partial charge is 0.344 e. The fourth-order valence-electron chi connectivity index (χ4n) is 1.83. The number of carbonyl (C=O) groups is 1. The van der Waals surface area contributed by atoms with E-state index in [0.29, 0.717) is 30.6 Å². The van der Waals surface area contributed by atoms with Crippen LogP contribution in [0, 0.1) is 5.92 Å². The van der Waals surface area contributed by atoms with Crippen LogP contribution in [0.5, 0.6) is 11.5 Å². The van der Waals surface area contributed by atoms with Gasteiger partial charge in [0.2, 0.25) is 0 Å². The zero-order valence-corrected chi connectivity index (χ0v) is 13.2. The Morgan fingerprint density at radius 3 is 2.62 bits per heavy atom. The molecule has 5 nitrogen and oxygen atoms in total. The normalized spacial score (nSPS) is 12.2. The molecule has 0 aliphatic carbocycles. The summed E-state index contributed by atoms with van der Waals surface area (Å²) >= 11 is 0. The first-order valence-electron chi connectivity index (χ1n) is 7.30. The van der Waals surface area contributed by atoms with Gasteiger partial charge < -0.3 is 19.9 Å². The van der Waals surface area contributed by atoms with E-state index in [4.69, 9.17) is 14.6 Å². The summed E-state index contributed by atoms with van der Waals surface area (Å²) < 4.78 is 11.1. The predicted octanol–water partition coefficient (Wildman–Crippen LogP) is 2.68. The Kier molecular flexibility index (Phi) is 7.02. The van der Waals surface area contributed by atoms with Gasteiger partial charge in [-0.1, -0.05) is 26.0 Å². The highest BCUT2D eigenvalue weighted by Crippen LogP contribution is 2.32. The fourth-order valence-corrected chi connectivity index (χ4v) is 1.83. The lowest BCUT2D eigenvalue weighted by atomic mass is 10.1. The van der Waals surface area contributed by atoms with Crippen molar-refractivity contribution in [1.82, 2.24) is 5.32 Å². The van der Waals surface area contributed by atoms with Crippen LogP contribution in [0.3, 0.4) is 0 Å². The minimum Gasteiger partial charge on any atom is -0.490 e. The van der Waals surface area contributed by atoms with Crippen LogP contribution in [0.2, 0.25) is 0 Å². The van der Waals surface area contributed by atoms with E-state index in [-0.39, 0.29) is 0 Å². The summed E-state index contributed by atoms with van der Waals surface area (Å²) in [5.74, 6) is 0.629. The SMILES string of the molecule is CCOc1cccc(CNCC(C)C)c1OC(C)C(=O)O. The summed E-state index contributed by atoms with van der Waals surface area (Å²) in [6.45, 7) is 9.65. The molecule has 1 aromatic rings. The molecule has 0 saturated carbocycles. The number of rotatable bonds is 9. The van der Waals surface area contributed by atoms with Crippen LogP contribution in [-0.2, 0) is 11.3 Å². The predicted molar refractivity (Wildman–Crippen MR) is 81.9 cm³/mol. The van der Waals surface area contributed by atoms with Crippen LogP contribution in [0.25, 0.3) is 0 Å². The summed E-state index contributed by atoms with van der Waals surface area (Å²) in [4.78, 5) is 11.0. The van der Waals surface area contributed by atoms with E-state index < -0.39 is 12.1 Å². The molecule has 0 aliphatic heterocycles. The van der Waals surface area contributed by atoms with Crippen LogP contribution >= 0.6 is 0 Å². The van der Waals surface area contributed by atoms with Gasteiger partial charge in [0.05, 0.1) is 6.61 Å². The van der Waals surface area contributed by atoms with Gasteiger partial charge in [0.25, 0.3) is 0 Å². The molecule has 0 heterocycles. The van der Waals surface area contributed by atoms with Crippen molar-refractivity contribution in [1.29, 1.82) is 0 Å². The fraction of sp³-hybridized carbons (Fsp3) is 0.562. The van der Waals surface area contributed by atoms with Crippen molar-refractivity contribution in [2.75, 3.05) is 13.2 Å². The third-order valence-electron chi connectivity index (χ3n) is 2.87. The molecule has 2 N–H and O–H groups in total. The standard InChI is InChI=1S/C16H25NO4/c1-5-20-14-8-6-7-13(10-17-9-11(2)3)15(14)21-12(4)16(18)19/h6-8,11-12,17H,5,9-10H2,1-4H3,(H,18,19). The van der Waals surface area contributed by atoms with Crippen molar-refractivity contribution in [3.8, 4) is 11.5 Å². The van der Waals surface area contributed by atoms with Gasteiger partial charge in [-0.3, -0.25) is 0 Å². The molecule has 0 bridgehead atoms. The Balaban J connectivity index is 2.93. The molecule has 0 amide bonds. The number of ether oxygens (including phenoxy) is 2. The molecule has 0 aromatic heterocycles. The molecule has 118 valence electrons. The number of hydrogen-bond donors (Lipinski definition) is 2. The number of nitrogens with one attached hydrogen (secondary N) is 1. The maximum absolute atomic E-state index is 11.0. The Labute approximate surface area is 126 Å². The third kappa shape index (κ3) is 5.63. The first-order chi connectivity index (χ1) is 9.95. The Morgan fingerprint density at radius 2 is 2.05 bits per heavy atom. The average molecular weight is 295 g/mol. The maximum atomic E-state index is 11.0. The summed E-state index contributed by atoms with van der Waals surface area (Å²) in [5.41, 5.74) is 0.898. The number of carboxylic acids is 1. The summed E-state index contributed by atoms with van der Waals surface area (Å²) in [7, 11) is 0. The van der Waals surface area contributed by atoms with Crippen molar-refractivity contribution >= 4 is 5.97 Å². The molecule has 1 atom stereocenters. The van der Waals surface area contributed by atoms with E-state index in [1.165, 1.54) is 6.92 Å². The molecule has 5 heteroatoms. The van der Waals surface area contributed by atoms with Crippen molar-refractivity contribution in [3.05, 3.63) is 23.8 Å². The molecule has 0 radical (unpaired) electrons. The lowest BCUT2D eigenvalue weighted by Gasteiger charge is -2.18. The zero-order chi connectivity index (χ0) is 15.8. The van der Waals surface area contributed by atoms with Gasteiger partial charge >= 0.3 is 5.97 Å². The monoisotopic (exact) mass is 295 g/mol. The van der Waals surface area contributed by atoms with Crippen molar-refractivity contribution in [2.24, 2.45) is 5.92 Å². The summed E-state index contributed by atoms with van der Waals surface area (Å²) in [6, 6.07) is 5.59. The van der Waals surface area contributed by atoms with Crippen LogP contribution in [0.1, 0.15) is 33.3 Å². The van der Waals surface area contributed by atoms with Gasteiger partial charge in [0.1, 0.15) is 0 Å². The van der Waals surface area contributed by atoms with Gasteiger partial charge in [-0.2, -0.15) is 0 Å². The third-order valence-corrected chi connectivity index (χ3v) is 2.87. The zero-order valence-electron chi connectivity index (χ0n) is 13.2. The Morgan fingerprint density at radius 1 is 1.33 bits per heavy atom. The average Bonchev–Trinajstić information content (AvgIpc) is 2.41. The number of hydrogen-bond acceptors (Lipinski definition) is 4. The van der Waals surface area contributed by atoms with E-state index in [1.54, 1.807) is 6.07 Å². The highest BCUT2D eigenvalue weighted by molar-refractivity contribution is 5.72. The molecule has 0 fully saturated rings. The van der Waals surface area contributed by atoms with Crippen molar-refractivity contribution in [3.63, 3.8) is 0 Å². The van der Waals surface area contributed by atoms with Crippen LogP contribution in [0.15, 0.2) is 18.2 Å². The maximum Gasteiger partial charge on any atom is 0.344 e. The van der Waals surface area contributed by atoms with Gasteiger partial charge in [0.15, 0.2) is 17.6 Å². The molecule has 0 spiro atoms. The summed E-state index contributed by atoms with van der Waals surface area (Å²) in [6.07, 6.45) is -0.921. The second-order valence-corrected chi connectivity index (χ2v) is 5.30. The molecule has 0 aliphatic rings. The molecule has 1 rings (SSSR count). The molecule has 21 heavy (non-hydrogen) atoms. The topological polar surface area (TPSA) is 67.8 Å². The Hall–Kier alpha value is -1.75. The summed E-state index contributed by atoms with van der Waals surface area (Å²) in [5, 5.41) is 12.4. The highest BCUT2D eigenvalue weighted by Gasteiger charge is 2.18. The number of benzene rings is 1. The van der Waals surface area contributed by atoms with Crippen LogP contribution in [-0.4, -0.2) is 30.3 Å². The minimum absolute atomic E-state index is 0.501. The second kappa shape index (κ2) is 8.52. The van der Waals surface area contributed by atoms with E-state index in [2.05, 4.69) is 19.2 Å². The largest absolute Gasteiger partial charge is 0.490 e. The van der Waals surface area contributed by atoms with E-state index in [9.17, 15) is 4.79 Å². The van der Waals surface area contributed by atoms with Gasteiger partial charge in [-0.25, -0.2) is 4.79 Å². The first-order valence-corrected chi connectivity index (χ1v) is 7.30. The lowest BCUT2D eigenvalue weighted by molar-refractivity contribution is -0.144. The highest BCUT2D eigenvalue weighted by atomic mass is 16.5. The minimum atomic E-state index is -0.998. The molecule has 1 aromatic carbocycles. The van der Waals surface area contributed by atoms with Crippen molar-refractivity contribution in [2.45, 2.75) is 40.3 Å². The van der Waals surface area contributed by atoms with Crippen LogP contribution in [0.4, 0.5) is 0 Å². The van der Waals surface area contributed by atoms with Crippen molar-refractivity contribution < 1.29 is 19.4 Å². The van der Waals surface area contributed by atoms with E-state index >= 15 is 0 Å². The second-order valence-electron chi connectivity index (χ2n) is 5.30. The molecular formula is C16H25NO4. The van der Waals surface area contributed by atoms with E-state index in [0.717, 1.165) is 12.1 Å². The van der Waals surface area contributed by atoms with Gasteiger partial charge in [0, 0.05) is 12.1 Å². The van der Waals surface area contributed by atoms with Crippen LogP contribution < -0.4 is 14.8 Å². The molecule has 1 unspecified atom stereocenters. The number of aliphatic carboxylic acids is 1. The molecule has 0 saturated heterocycles. The molecular weight excluding hydrogens is 270 g/mol. The number of carboxylic acid groups (broad SMARTS) is 1. The van der Waals surface area contributed by atoms with E-state index in [1.807, 2.05) is 19.1 Å². The first kappa shape index (κ1) is 17.3. The quantitative estimate of drug-likeness (QED) is 0.733.